The van der Waals surface area contributed by atoms with E-state index in [1.54, 1.807) is 6.07 Å². The second-order valence-electron chi connectivity index (χ2n) is 4.29. The Bertz CT molecular complexity index is 419. The number of aromatic nitrogens is 2. The Morgan fingerprint density at radius 3 is 2.56 bits per heavy atom. The van der Waals surface area contributed by atoms with Gasteiger partial charge in [0.25, 0.3) is 0 Å². The summed E-state index contributed by atoms with van der Waals surface area (Å²) in [5.74, 6) is 0.851. The molecule has 0 bridgehead atoms. The molecule has 1 atom stereocenters. The summed E-state index contributed by atoms with van der Waals surface area (Å²) in [5.41, 5.74) is 0. The Morgan fingerprint density at radius 1 is 1.33 bits per heavy atom. The summed E-state index contributed by atoms with van der Waals surface area (Å²) in [4.78, 5) is 4.39. The summed E-state index contributed by atoms with van der Waals surface area (Å²) in [6.45, 7) is 5.56. The molecule has 0 aromatic carbocycles. The molecule has 0 radical (unpaired) electrons. The van der Waals surface area contributed by atoms with Crippen LogP contribution in [0.3, 0.4) is 0 Å². The molecule has 6 heteroatoms. The molecule has 2 rings (SSSR count). The van der Waals surface area contributed by atoms with E-state index >= 15 is 0 Å². The summed E-state index contributed by atoms with van der Waals surface area (Å²) >= 11 is 5.72. The molecule has 0 spiro atoms. The average molecular weight is 266 g/mol. The second-order valence-corrected chi connectivity index (χ2v) is 4.68. The van der Waals surface area contributed by atoms with Crippen LogP contribution in [0, 0.1) is 11.3 Å². The van der Waals surface area contributed by atoms with Crippen LogP contribution in [0.4, 0.5) is 5.82 Å². The van der Waals surface area contributed by atoms with Crippen molar-refractivity contribution in [2.45, 2.75) is 19.4 Å². The molecule has 0 amide bonds. The number of nitrogens with zero attached hydrogens (tertiary/aromatic N) is 5. The number of piperazine rings is 1. The Morgan fingerprint density at radius 2 is 2.06 bits per heavy atom. The van der Waals surface area contributed by atoms with Crippen LogP contribution in [0.25, 0.3) is 0 Å². The molecule has 2 heterocycles. The van der Waals surface area contributed by atoms with Gasteiger partial charge in [-0.1, -0.05) is 18.5 Å². The third kappa shape index (κ3) is 2.89. The van der Waals surface area contributed by atoms with Gasteiger partial charge in [-0.05, 0) is 18.6 Å². The topological polar surface area (TPSA) is 56.1 Å². The van der Waals surface area contributed by atoms with Crippen molar-refractivity contribution in [2.75, 3.05) is 31.1 Å². The van der Waals surface area contributed by atoms with E-state index in [4.69, 9.17) is 16.9 Å². The Hall–Kier alpha value is -1.38. The molecule has 1 saturated heterocycles. The highest BCUT2D eigenvalue weighted by molar-refractivity contribution is 6.29. The fourth-order valence-corrected chi connectivity index (χ4v) is 2.27. The van der Waals surface area contributed by atoms with E-state index in [0.29, 0.717) is 5.15 Å². The van der Waals surface area contributed by atoms with E-state index in [0.717, 1.165) is 38.4 Å². The minimum atomic E-state index is 0.0310. The zero-order chi connectivity index (χ0) is 13.0. The van der Waals surface area contributed by atoms with Gasteiger partial charge < -0.3 is 4.90 Å². The number of nitriles is 1. The van der Waals surface area contributed by atoms with Gasteiger partial charge in [0.15, 0.2) is 11.0 Å². The van der Waals surface area contributed by atoms with E-state index < -0.39 is 0 Å². The fourth-order valence-electron chi connectivity index (χ4n) is 2.17. The van der Waals surface area contributed by atoms with Crippen LogP contribution < -0.4 is 4.90 Å². The van der Waals surface area contributed by atoms with E-state index in [9.17, 15) is 0 Å². The molecule has 5 nitrogen and oxygen atoms in total. The lowest BCUT2D eigenvalue weighted by Gasteiger charge is -2.36. The third-order valence-corrected chi connectivity index (χ3v) is 3.43. The molecule has 1 fully saturated rings. The number of rotatable bonds is 3. The zero-order valence-electron chi connectivity index (χ0n) is 10.4. The second kappa shape index (κ2) is 5.98. The van der Waals surface area contributed by atoms with Crippen LogP contribution in [0.5, 0.6) is 0 Å². The smallest absolute Gasteiger partial charge is 0.151 e. The first-order valence-corrected chi connectivity index (χ1v) is 6.50. The molecule has 1 aromatic rings. The quantitative estimate of drug-likeness (QED) is 0.830. The van der Waals surface area contributed by atoms with Crippen molar-refractivity contribution in [2.24, 2.45) is 0 Å². The van der Waals surface area contributed by atoms with Crippen LogP contribution in [-0.4, -0.2) is 47.3 Å². The normalized spacial score (nSPS) is 18.4. The van der Waals surface area contributed by atoms with E-state index in [1.807, 2.05) is 13.0 Å². The van der Waals surface area contributed by atoms with Crippen molar-refractivity contribution in [1.82, 2.24) is 15.1 Å². The van der Waals surface area contributed by atoms with Crippen LogP contribution in [0.15, 0.2) is 12.1 Å². The zero-order valence-corrected chi connectivity index (χ0v) is 11.1. The SMILES string of the molecule is CCC(C#N)N1CCN(c2ccc(Cl)nn2)CC1. The highest BCUT2D eigenvalue weighted by atomic mass is 35.5. The van der Waals surface area contributed by atoms with Gasteiger partial charge in [0.2, 0.25) is 0 Å². The maximum atomic E-state index is 9.05. The first-order chi connectivity index (χ1) is 8.74. The van der Waals surface area contributed by atoms with E-state index in [1.165, 1.54) is 0 Å². The Balaban J connectivity index is 1.94. The van der Waals surface area contributed by atoms with Gasteiger partial charge in [-0.15, -0.1) is 10.2 Å². The largest absolute Gasteiger partial charge is 0.353 e. The first kappa shape index (κ1) is 13.1. The van der Waals surface area contributed by atoms with E-state index in [-0.39, 0.29) is 6.04 Å². The molecule has 0 aliphatic carbocycles. The minimum Gasteiger partial charge on any atom is -0.353 e. The number of halogens is 1. The van der Waals surface area contributed by atoms with Gasteiger partial charge in [0, 0.05) is 26.2 Å². The lowest BCUT2D eigenvalue weighted by molar-refractivity contribution is 0.216. The Labute approximate surface area is 112 Å². The summed E-state index contributed by atoms with van der Waals surface area (Å²) in [7, 11) is 0. The van der Waals surface area contributed by atoms with E-state index in [2.05, 4.69) is 26.1 Å². The van der Waals surface area contributed by atoms with Gasteiger partial charge in [0.05, 0.1) is 12.1 Å². The molecular formula is C12H16ClN5. The first-order valence-electron chi connectivity index (χ1n) is 6.12. The van der Waals surface area contributed by atoms with Crippen LogP contribution >= 0.6 is 11.6 Å². The number of anilines is 1. The maximum Gasteiger partial charge on any atom is 0.151 e. The van der Waals surface area contributed by atoms with Crippen molar-refractivity contribution in [3.63, 3.8) is 0 Å². The Kier molecular flexibility index (Phi) is 4.34. The molecule has 1 unspecified atom stereocenters. The summed E-state index contributed by atoms with van der Waals surface area (Å²) in [6.07, 6.45) is 0.872. The molecule has 0 N–H and O–H groups in total. The molecule has 1 aliphatic heterocycles. The summed E-state index contributed by atoms with van der Waals surface area (Å²) < 4.78 is 0. The highest BCUT2D eigenvalue weighted by Gasteiger charge is 2.23. The lowest BCUT2D eigenvalue weighted by atomic mass is 10.2. The van der Waals surface area contributed by atoms with Gasteiger partial charge >= 0.3 is 0 Å². The van der Waals surface area contributed by atoms with Crippen molar-refractivity contribution < 1.29 is 0 Å². The van der Waals surface area contributed by atoms with Crippen LogP contribution in [-0.2, 0) is 0 Å². The number of hydrogen-bond donors (Lipinski definition) is 0. The highest BCUT2D eigenvalue weighted by Crippen LogP contribution is 2.15. The van der Waals surface area contributed by atoms with Gasteiger partial charge in [-0.2, -0.15) is 5.26 Å². The standard InChI is InChI=1S/C12H16ClN5/c1-2-10(9-14)17-5-7-18(8-6-17)12-4-3-11(13)15-16-12/h3-4,10H,2,5-8H2,1H3. The molecule has 18 heavy (non-hydrogen) atoms. The van der Waals surface area contributed by atoms with Crippen LogP contribution in [0.1, 0.15) is 13.3 Å². The predicted molar refractivity (Wildman–Crippen MR) is 70.5 cm³/mol. The molecule has 1 aromatic heterocycles. The predicted octanol–water partition coefficient (Wildman–Crippen LogP) is 1.55. The van der Waals surface area contributed by atoms with Crippen molar-refractivity contribution >= 4 is 17.4 Å². The maximum absolute atomic E-state index is 9.05. The minimum absolute atomic E-state index is 0.0310. The van der Waals surface area contributed by atoms with Gasteiger partial charge in [-0.25, -0.2) is 0 Å². The van der Waals surface area contributed by atoms with Crippen LogP contribution in [0.2, 0.25) is 5.15 Å². The molecular weight excluding hydrogens is 250 g/mol. The number of hydrogen-bond acceptors (Lipinski definition) is 5. The fraction of sp³-hybridized carbons (Fsp3) is 0.583. The third-order valence-electron chi connectivity index (χ3n) is 3.23. The van der Waals surface area contributed by atoms with Gasteiger partial charge in [-0.3, -0.25) is 4.90 Å². The molecule has 0 saturated carbocycles. The van der Waals surface area contributed by atoms with Crippen molar-refractivity contribution in [3.8, 4) is 6.07 Å². The molecule has 1 aliphatic rings. The van der Waals surface area contributed by atoms with Crippen molar-refractivity contribution in [1.29, 1.82) is 5.26 Å². The van der Waals surface area contributed by atoms with Gasteiger partial charge in [0.1, 0.15) is 0 Å². The summed E-state index contributed by atoms with van der Waals surface area (Å²) in [6, 6.07) is 6.01. The molecule has 96 valence electrons. The average Bonchev–Trinajstić information content (AvgIpc) is 2.42. The lowest BCUT2D eigenvalue weighted by Crippen LogP contribution is -2.50. The van der Waals surface area contributed by atoms with Crippen molar-refractivity contribution in [3.05, 3.63) is 17.3 Å². The monoisotopic (exact) mass is 265 g/mol. The summed E-state index contributed by atoms with van der Waals surface area (Å²) in [5, 5.41) is 17.4.